The van der Waals surface area contributed by atoms with E-state index >= 15 is 0 Å². The molecule has 1 aromatic carbocycles. The maximum atomic E-state index is 13.2. The second-order valence-electron chi connectivity index (χ2n) is 6.80. The summed E-state index contributed by atoms with van der Waals surface area (Å²) in [4.78, 5) is 23.5. The van der Waals surface area contributed by atoms with Crippen LogP contribution >= 0.6 is 0 Å². The highest BCUT2D eigenvalue weighted by atomic mass is 16.2. The van der Waals surface area contributed by atoms with E-state index in [1.165, 1.54) is 11.3 Å². The number of anilines is 1. The summed E-state index contributed by atoms with van der Waals surface area (Å²) in [5, 5.41) is 0. The molecular formula is C20H26N4O. The summed E-state index contributed by atoms with van der Waals surface area (Å²) in [6.45, 7) is 5.26. The number of carbonyl (C=O) groups excluding carboxylic acids is 1. The topological polar surface area (TPSA) is 39.7 Å². The number of amides is 1. The summed E-state index contributed by atoms with van der Waals surface area (Å²) in [5.41, 5.74) is 3.41. The standard InChI is InChI=1S/C20H26N4O/c1-16-5-4-6-17(15-16)19(22(2)3)20(25)24-13-11-23(12-14-24)18-7-9-21-10-8-18/h4-10,15,19H,11-14H2,1-3H3. The van der Waals surface area contributed by atoms with E-state index in [1.54, 1.807) is 0 Å². The molecule has 1 aliphatic rings. The van der Waals surface area contributed by atoms with Crippen molar-refractivity contribution in [1.29, 1.82) is 0 Å². The number of nitrogens with zero attached hydrogens (tertiary/aromatic N) is 4. The molecule has 2 heterocycles. The van der Waals surface area contributed by atoms with Gasteiger partial charge in [-0.2, -0.15) is 0 Å². The Balaban J connectivity index is 1.70. The molecule has 1 aromatic heterocycles. The maximum absolute atomic E-state index is 13.2. The minimum atomic E-state index is -0.229. The molecule has 1 unspecified atom stereocenters. The van der Waals surface area contributed by atoms with Gasteiger partial charge < -0.3 is 9.80 Å². The molecule has 1 amide bonds. The minimum Gasteiger partial charge on any atom is -0.368 e. The van der Waals surface area contributed by atoms with Crippen molar-refractivity contribution in [3.05, 3.63) is 59.9 Å². The lowest BCUT2D eigenvalue weighted by Crippen LogP contribution is -2.51. The first-order valence-electron chi connectivity index (χ1n) is 8.73. The molecule has 1 atom stereocenters. The van der Waals surface area contributed by atoms with E-state index in [0.717, 1.165) is 31.7 Å². The predicted molar refractivity (Wildman–Crippen MR) is 101 cm³/mol. The molecule has 5 heteroatoms. The fourth-order valence-electron chi connectivity index (χ4n) is 3.41. The van der Waals surface area contributed by atoms with Crippen LogP contribution in [0.25, 0.3) is 0 Å². The normalized spacial score (nSPS) is 16.2. The van der Waals surface area contributed by atoms with Crippen LogP contribution in [0.3, 0.4) is 0 Å². The highest BCUT2D eigenvalue weighted by molar-refractivity contribution is 5.83. The predicted octanol–water partition coefficient (Wildman–Crippen LogP) is 2.34. The Morgan fingerprint density at radius 1 is 1.08 bits per heavy atom. The number of piperazine rings is 1. The average Bonchev–Trinajstić information content (AvgIpc) is 2.62. The summed E-state index contributed by atoms with van der Waals surface area (Å²) < 4.78 is 0. The Morgan fingerprint density at radius 3 is 2.36 bits per heavy atom. The van der Waals surface area contributed by atoms with Gasteiger partial charge >= 0.3 is 0 Å². The van der Waals surface area contributed by atoms with Crippen LogP contribution in [0.4, 0.5) is 5.69 Å². The zero-order valence-electron chi connectivity index (χ0n) is 15.2. The van der Waals surface area contributed by atoms with Crippen molar-refractivity contribution in [1.82, 2.24) is 14.8 Å². The lowest BCUT2D eigenvalue weighted by atomic mass is 10.0. The average molecular weight is 338 g/mol. The molecule has 0 radical (unpaired) electrons. The van der Waals surface area contributed by atoms with E-state index in [0.29, 0.717) is 0 Å². The van der Waals surface area contributed by atoms with Gasteiger partial charge in [-0.15, -0.1) is 0 Å². The summed E-state index contributed by atoms with van der Waals surface area (Å²) in [6, 6.07) is 12.1. The monoisotopic (exact) mass is 338 g/mol. The fourth-order valence-corrected chi connectivity index (χ4v) is 3.41. The SMILES string of the molecule is Cc1cccc(C(C(=O)N2CCN(c3ccncc3)CC2)N(C)C)c1. The van der Waals surface area contributed by atoms with E-state index in [2.05, 4.69) is 28.9 Å². The Labute approximate surface area is 149 Å². The zero-order valence-corrected chi connectivity index (χ0v) is 15.2. The van der Waals surface area contributed by atoms with Gasteiger partial charge in [-0.05, 0) is 38.7 Å². The van der Waals surface area contributed by atoms with Gasteiger partial charge in [0.05, 0.1) is 0 Å². The van der Waals surface area contributed by atoms with Crippen molar-refractivity contribution in [3.8, 4) is 0 Å². The molecule has 0 bridgehead atoms. The molecule has 1 aliphatic heterocycles. The van der Waals surface area contributed by atoms with Gasteiger partial charge in [0.1, 0.15) is 6.04 Å². The Kier molecular flexibility index (Phi) is 5.34. The number of carbonyl (C=O) groups is 1. The highest BCUT2D eigenvalue weighted by Gasteiger charge is 2.30. The van der Waals surface area contributed by atoms with Crippen LogP contribution in [-0.2, 0) is 4.79 Å². The molecule has 25 heavy (non-hydrogen) atoms. The number of aryl methyl sites for hydroxylation is 1. The molecule has 0 saturated carbocycles. The van der Waals surface area contributed by atoms with E-state index in [4.69, 9.17) is 0 Å². The Bertz CT molecular complexity index is 709. The summed E-state index contributed by atoms with van der Waals surface area (Å²) in [7, 11) is 3.94. The third-order valence-electron chi connectivity index (χ3n) is 4.73. The fraction of sp³-hybridized carbons (Fsp3) is 0.400. The highest BCUT2D eigenvalue weighted by Crippen LogP contribution is 2.23. The molecule has 3 rings (SSSR count). The molecule has 1 saturated heterocycles. The Hall–Kier alpha value is -2.40. The van der Waals surface area contributed by atoms with Crippen molar-refractivity contribution in [2.45, 2.75) is 13.0 Å². The van der Waals surface area contributed by atoms with E-state index in [9.17, 15) is 4.79 Å². The van der Waals surface area contributed by atoms with Gasteiger partial charge in [0.2, 0.25) is 5.91 Å². The number of hydrogen-bond acceptors (Lipinski definition) is 4. The van der Waals surface area contributed by atoms with Gasteiger partial charge in [-0.1, -0.05) is 29.8 Å². The molecule has 2 aromatic rings. The quantitative estimate of drug-likeness (QED) is 0.858. The van der Waals surface area contributed by atoms with Crippen molar-refractivity contribution in [2.24, 2.45) is 0 Å². The van der Waals surface area contributed by atoms with Gasteiger partial charge in [-0.25, -0.2) is 0 Å². The summed E-state index contributed by atoms with van der Waals surface area (Å²) in [5.74, 6) is 0.185. The second-order valence-corrected chi connectivity index (χ2v) is 6.80. The molecule has 132 valence electrons. The number of hydrogen-bond donors (Lipinski definition) is 0. The molecule has 0 spiro atoms. The molecule has 0 aliphatic carbocycles. The van der Waals surface area contributed by atoms with Crippen LogP contribution in [-0.4, -0.2) is 61.0 Å². The third-order valence-corrected chi connectivity index (χ3v) is 4.73. The van der Waals surface area contributed by atoms with Crippen molar-refractivity contribution >= 4 is 11.6 Å². The molecular weight excluding hydrogens is 312 g/mol. The van der Waals surface area contributed by atoms with Crippen LogP contribution < -0.4 is 4.90 Å². The van der Waals surface area contributed by atoms with Crippen LogP contribution in [0, 0.1) is 6.92 Å². The number of pyridine rings is 1. The van der Waals surface area contributed by atoms with Crippen molar-refractivity contribution < 1.29 is 4.79 Å². The van der Waals surface area contributed by atoms with Crippen molar-refractivity contribution in [3.63, 3.8) is 0 Å². The first kappa shape index (κ1) is 17.4. The van der Waals surface area contributed by atoms with Gasteiger partial charge in [0.25, 0.3) is 0 Å². The smallest absolute Gasteiger partial charge is 0.244 e. The van der Waals surface area contributed by atoms with Crippen LogP contribution in [0.15, 0.2) is 48.8 Å². The van der Waals surface area contributed by atoms with Gasteiger partial charge in [-0.3, -0.25) is 14.7 Å². The summed E-state index contributed by atoms with van der Waals surface area (Å²) in [6.07, 6.45) is 3.62. The van der Waals surface area contributed by atoms with E-state index in [1.807, 2.05) is 60.6 Å². The second kappa shape index (κ2) is 7.66. The number of rotatable bonds is 4. The van der Waals surface area contributed by atoms with Crippen molar-refractivity contribution in [2.75, 3.05) is 45.2 Å². The number of aromatic nitrogens is 1. The summed E-state index contributed by atoms with van der Waals surface area (Å²) >= 11 is 0. The zero-order chi connectivity index (χ0) is 17.8. The largest absolute Gasteiger partial charge is 0.368 e. The maximum Gasteiger partial charge on any atom is 0.244 e. The van der Waals surface area contributed by atoms with Gasteiger partial charge in [0, 0.05) is 44.3 Å². The third kappa shape index (κ3) is 3.99. The Morgan fingerprint density at radius 2 is 1.76 bits per heavy atom. The lowest BCUT2D eigenvalue weighted by Gasteiger charge is -2.38. The molecule has 1 fully saturated rings. The number of benzene rings is 1. The van der Waals surface area contributed by atoms with Gasteiger partial charge in [0.15, 0.2) is 0 Å². The van der Waals surface area contributed by atoms with E-state index in [-0.39, 0.29) is 11.9 Å². The van der Waals surface area contributed by atoms with Crippen LogP contribution in [0.5, 0.6) is 0 Å². The lowest BCUT2D eigenvalue weighted by molar-refractivity contribution is -0.136. The van der Waals surface area contributed by atoms with E-state index < -0.39 is 0 Å². The number of likely N-dealkylation sites (N-methyl/N-ethyl adjacent to an activating group) is 1. The van der Waals surface area contributed by atoms with Crippen LogP contribution in [0.1, 0.15) is 17.2 Å². The first-order chi connectivity index (χ1) is 12.1. The van der Waals surface area contributed by atoms with Crippen LogP contribution in [0.2, 0.25) is 0 Å². The molecule has 5 nitrogen and oxygen atoms in total. The molecule has 0 N–H and O–H groups in total. The minimum absolute atomic E-state index is 0.185. The first-order valence-corrected chi connectivity index (χ1v) is 8.73.